The van der Waals surface area contributed by atoms with E-state index in [1.807, 2.05) is 37.3 Å². The third-order valence-electron chi connectivity index (χ3n) is 4.90. The lowest BCUT2D eigenvalue weighted by Gasteiger charge is -2.17. The largest absolute Gasteiger partial charge is 0.339 e. The minimum atomic E-state index is -0.447. The Labute approximate surface area is 172 Å². The van der Waals surface area contributed by atoms with Crippen molar-refractivity contribution >= 4 is 34.8 Å². The first-order chi connectivity index (χ1) is 13.9. The Morgan fingerprint density at radius 3 is 2.83 bits per heavy atom. The quantitative estimate of drug-likeness (QED) is 0.702. The number of nitrogens with one attached hydrogen (secondary N) is 1. The van der Waals surface area contributed by atoms with Crippen molar-refractivity contribution < 1.29 is 14.1 Å². The minimum absolute atomic E-state index is 0.102. The molecule has 4 rings (SSSR count). The number of anilines is 2. The average molecular weight is 411 g/mol. The average Bonchev–Trinajstić information content (AvgIpc) is 3.31. The fourth-order valence-corrected chi connectivity index (χ4v) is 3.50. The number of amides is 2. The summed E-state index contributed by atoms with van der Waals surface area (Å²) in [5.74, 6) is 0.181. The number of hydrogen-bond acceptors (Lipinski definition) is 5. The van der Waals surface area contributed by atoms with Crippen LogP contribution in [0.4, 0.5) is 11.4 Å². The predicted molar refractivity (Wildman–Crippen MR) is 110 cm³/mol. The van der Waals surface area contributed by atoms with Crippen LogP contribution in [0.2, 0.25) is 5.02 Å². The Kier molecular flexibility index (Phi) is 5.07. The van der Waals surface area contributed by atoms with Gasteiger partial charge in [0.25, 0.3) is 0 Å². The molecule has 2 amide bonds. The Balaban J connectivity index is 1.51. The number of halogens is 1. The van der Waals surface area contributed by atoms with E-state index in [9.17, 15) is 9.59 Å². The Hall–Kier alpha value is -3.19. The van der Waals surface area contributed by atoms with Crippen LogP contribution in [-0.2, 0) is 9.59 Å². The van der Waals surface area contributed by atoms with E-state index in [2.05, 4.69) is 15.5 Å². The van der Waals surface area contributed by atoms with Crippen molar-refractivity contribution in [1.29, 1.82) is 0 Å². The van der Waals surface area contributed by atoms with Crippen molar-refractivity contribution in [3.63, 3.8) is 0 Å². The summed E-state index contributed by atoms with van der Waals surface area (Å²) in [5, 5.41) is 7.35. The standard InChI is InChI=1S/C21H19ClN4O3/c1-12-6-7-16(22)10-18(12)24-21(28)15-9-19(27)26(11-15)17-5-3-4-14(8-17)20-23-13(2)29-25-20/h3-8,10,15H,9,11H2,1-2H3,(H,24,28)/t15-/m1/s1. The molecule has 0 radical (unpaired) electrons. The molecule has 1 aliphatic rings. The van der Waals surface area contributed by atoms with Gasteiger partial charge in [0, 0.05) is 41.9 Å². The van der Waals surface area contributed by atoms with E-state index in [4.69, 9.17) is 16.1 Å². The molecule has 1 aliphatic heterocycles. The van der Waals surface area contributed by atoms with Crippen LogP contribution >= 0.6 is 11.6 Å². The third kappa shape index (κ3) is 4.00. The second kappa shape index (κ2) is 7.67. The Bertz CT molecular complexity index is 1100. The Morgan fingerprint density at radius 1 is 1.24 bits per heavy atom. The monoisotopic (exact) mass is 410 g/mol. The highest BCUT2D eigenvalue weighted by Crippen LogP contribution is 2.29. The van der Waals surface area contributed by atoms with E-state index in [0.717, 1.165) is 11.1 Å². The van der Waals surface area contributed by atoms with Gasteiger partial charge in [0.05, 0.1) is 5.92 Å². The van der Waals surface area contributed by atoms with Crippen LogP contribution in [0, 0.1) is 19.8 Å². The molecule has 1 saturated heterocycles. The van der Waals surface area contributed by atoms with Crippen molar-refractivity contribution in [3.05, 3.63) is 58.9 Å². The summed E-state index contributed by atoms with van der Waals surface area (Å²) in [6.45, 7) is 3.91. The molecule has 2 aromatic carbocycles. The van der Waals surface area contributed by atoms with Crippen molar-refractivity contribution in [2.45, 2.75) is 20.3 Å². The maximum Gasteiger partial charge on any atom is 0.229 e. The van der Waals surface area contributed by atoms with Crippen molar-refractivity contribution in [3.8, 4) is 11.4 Å². The topological polar surface area (TPSA) is 88.3 Å². The van der Waals surface area contributed by atoms with Gasteiger partial charge in [0.2, 0.25) is 23.5 Å². The lowest BCUT2D eigenvalue weighted by atomic mass is 10.1. The number of carbonyl (C=O) groups excluding carboxylic acids is 2. The zero-order valence-corrected chi connectivity index (χ0v) is 16.7. The summed E-state index contributed by atoms with van der Waals surface area (Å²) >= 11 is 6.02. The zero-order valence-electron chi connectivity index (χ0n) is 16.0. The number of nitrogens with zero attached hydrogens (tertiary/aromatic N) is 3. The van der Waals surface area contributed by atoms with Gasteiger partial charge in [0.1, 0.15) is 0 Å². The summed E-state index contributed by atoms with van der Waals surface area (Å²) in [6, 6.07) is 12.6. The summed E-state index contributed by atoms with van der Waals surface area (Å²) in [6.07, 6.45) is 0.150. The fourth-order valence-electron chi connectivity index (χ4n) is 3.33. The van der Waals surface area contributed by atoms with E-state index in [1.54, 1.807) is 24.0 Å². The molecular weight excluding hydrogens is 392 g/mol. The van der Waals surface area contributed by atoms with Gasteiger partial charge in [-0.05, 0) is 36.8 Å². The highest BCUT2D eigenvalue weighted by atomic mass is 35.5. The first-order valence-corrected chi connectivity index (χ1v) is 9.56. The van der Waals surface area contributed by atoms with Gasteiger partial charge >= 0.3 is 0 Å². The molecule has 0 bridgehead atoms. The number of aryl methyl sites for hydroxylation is 2. The van der Waals surface area contributed by atoms with Crippen LogP contribution in [0.5, 0.6) is 0 Å². The van der Waals surface area contributed by atoms with Gasteiger partial charge in [0.15, 0.2) is 0 Å². The normalized spacial score (nSPS) is 16.3. The van der Waals surface area contributed by atoms with Crippen LogP contribution < -0.4 is 10.2 Å². The molecule has 3 aromatic rings. The van der Waals surface area contributed by atoms with Crippen LogP contribution in [0.25, 0.3) is 11.4 Å². The van der Waals surface area contributed by atoms with E-state index in [-0.39, 0.29) is 18.2 Å². The SMILES string of the molecule is Cc1nc(-c2cccc(N3C[C@H](C(=O)Nc4cc(Cl)ccc4C)CC3=O)c2)no1. The van der Waals surface area contributed by atoms with Gasteiger partial charge < -0.3 is 14.7 Å². The molecule has 1 fully saturated rings. The molecule has 1 atom stereocenters. The van der Waals surface area contributed by atoms with Gasteiger partial charge in [-0.1, -0.05) is 35.0 Å². The number of carbonyl (C=O) groups is 2. The first kappa shape index (κ1) is 19.1. The van der Waals surface area contributed by atoms with E-state index in [0.29, 0.717) is 34.7 Å². The van der Waals surface area contributed by atoms with Crippen LogP contribution in [0.3, 0.4) is 0 Å². The highest BCUT2D eigenvalue weighted by Gasteiger charge is 2.35. The van der Waals surface area contributed by atoms with Gasteiger partial charge in [-0.3, -0.25) is 9.59 Å². The lowest BCUT2D eigenvalue weighted by Crippen LogP contribution is -2.28. The van der Waals surface area contributed by atoms with Gasteiger partial charge in [-0.25, -0.2) is 0 Å². The van der Waals surface area contributed by atoms with Gasteiger partial charge in [-0.15, -0.1) is 0 Å². The molecule has 0 aliphatic carbocycles. The maximum absolute atomic E-state index is 12.7. The highest BCUT2D eigenvalue weighted by molar-refractivity contribution is 6.31. The smallest absolute Gasteiger partial charge is 0.229 e. The summed E-state index contributed by atoms with van der Waals surface area (Å²) < 4.78 is 5.02. The van der Waals surface area contributed by atoms with E-state index in [1.165, 1.54) is 0 Å². The third-order valence-corrected chi connectivity index (χ3v) is 5.13. The van der Waals surface area contributed by atoms with Crippen LogP contribution in [-0.4, -0.2) is 28.5 Å². The molecule has 0 saturated carbocycles. The molecule has 2 heterocycles. The summed E-state index contributed by atoms with van der Waals surface area (Å²) in [7, 11) is 0. The van der Waals surface area contributed by atoms with Crippen LogP contribution in [0.15, 0.2) is 47.0 Å². The molecule has 0 unspecified atom stereocenters. The minimum Gasteiger partial charge on any atom is -0.339 e. The molecule has 8 heteroatoms. The van der Waals surface area contributed by atoms with Crippen molar-refractivity contribution in [2.75, 3.05) is 16.8 Å². The number of rotatable bonds is 4. The molecule has 148 valence electrons. The number of benzene rings is 2. The molecule has 1 N–H and O–H groups in total. The maximum atomic E-state index is 12.7. The van der Waals surface area contributed by atoms with E-state index < -0.39 is 5.92 Å². The second-order valence-corrected chi connectivity index (χ2v) is 7.48. The molecule has 29 heavy (non-hydrogen) atoms. The molecular formula is C21H19ClN4O3. The van der Waals surface area contributed by atoms with Crippen molar-refractivity contribution in [1.82, 2.24) is 10.1 Å². The summed E-state index contributed by atoms with van der Waals surface area (Å²) in [5.41, 5.74) is 3.01. The van der Waals surface area contributed by atoms with Crippen LogP contribution in [0.1, 0.15) is 17.9 Å². The van der Waals surface area contributed by atoms with Crippen molar-refractivity contribution in [2.24, 2.45) is 5.92 Å². The Morgan fingerprint density at radius 2 is 2.07 bits per heavy atom. The predicted octanol–water partition coefficient (Wildman–Crippen LogP) is 4.00. The number of aromatic nitrogens is 2. The molecule has 0 spiro atoms. The number of hydrogen-bond donors (Lipinski definition) is 1. The molecule has 7 nitrogen and oxygen atoms in total. The van der Waals surface area contributed by atoms with Gasteiger partial charge in [-0.2, -0.15) is 4.98 Å². The second-order valence-electron chi connectivity index (χ2n) is 7.04. The molecule has 1 aromatic heterocycles. The van der Waals surface area contributed by atoms with E-state index >= 15 is 0 Å². The fraction of sp³-hybridized carbons (Fsp3) is 0.238. The summed E-state index contributed by atoms with van der Waals surface area (Å²) in [4.78, 5) is 31.1. The first-order valence-electron chi connectivity index (χ1n) is 9.19. The lowest BCUT2D eigenvalue weighted by molar-refractivity contribution is -0.122. The zero-order chi connectivity index (χ0) is 20.5.